The van der Waals surface area contributed by atoms with E-state index in [-0.39, 0.29) is 36.6 Å². The summed E-state index contributed by atoms with van der Waals surface area (Å²) in [5.74, 6) is -4.68. The lowest BCUT2D eigenvalue weighted by molar-refractivity contribution is -0.115. The van der Waals surface area contributed by atoms with Crippen molar-refractivity contribution in [1.82, 2.24) is 4.57 Å². The number of carbonyl (C=O) groups is 2. The maximum absolute atomic E-state index is 13.6. The highest BCUT2D eigenvalue weighted by Crippen LogP contribution is 2.29. The molecule has 9 heteroatoms. The minimum atomic E-state index is -1.59. The van der Waals surface area contributed by atoms with Crippen molar-refractivity contribution in [2.75, 3.05) is 11.9 Å². The highest BCUT2D eigenvalue weighted by Gasteiger charge is 2.22. The molecular weight excluding hydrogens is 509 g/mol. The molecule has 0 saturated carbocycles. The zero-order valence-electron chi connectivity index (χ0n) is 20.6. The van der Waals surface area contributed by atoms with Crippen molar-refractivity contribution in [3.8, 4) is 5.75 Å². The van der Waals surface area contributed by atoms with Crippen molar-refractivity contribution in [3.05, 3.63) is 129 Å². The predicted molar refractivity (Wildman–Crippen MR) is 139 cm³/mol. The van der Waals surface area contributed by atoms with Gasteiger partial charge in [0, 0.05) is 30.3 Å². The van der Waals surface area contributed by atoms with Crippen molar-refractivity contribution in [2.45, 2.75) is 25.3 Å². The zero-order valence-corrected chi connectivity index (χ0v) is 20.6. The second-order valence-corrected chi connectivity index (χ2v) is 9.32. The Morgan fingerprint density at radius 1 is 0.949 bits per heavy atom. The predicted octanol–water partition coefficient (Wildman–Crippen LogP) is 5.24. The summed E-state index contributed by atoms with van der Waals surface area (Å²) in [6, 6.07) is 19.1. The van der Waals surface area contributed by atoms with Gasteiger partial charge >= 0.3 is 0 Å². The fourth-order valence-electron chi connectivity index (χ4n) is 4.58. The minimum absolute atomic E-state index is 0.0370. The van der Waals surface area contributed by atoms with Crippen LogP contribution in [0.3, 0.4) is 0 Å². The van der Waals surface area contributed by atoms with E-state index in [4.69, 9.17) is 4.74 Å². The van der Waals surface area contributed by atoms with E-state index in [0.717, 1.165) is 27.8 Å². The van der Waals surface area contributed by atoms with Crippen molar-refractivity contribution in [3.63, 3.8) is 0 Å². The first-order chi connectivity index (χ1) is 18.8. The molecule has 1 aliphatic rings. The van der Waals surface area contributed by atoms with Crippen LogP contribution >= 0.6 is 0 Å². The van der Waals surface area contributed by atoms with Gasteiger partial charge in [0.1, 0.15) is 5.75 Å². The number of nitrogens with one attached hydrogen (secondary N) is 1. The Bertz CT molecular complexity index is 1600. The number of Topliss-reactive ketones (excluding diaryl/α,β-unsaturated/α-hetero) is 1. The van der Waals surface area contributed by atoms with E-state index >= 15 is 0 Å². The summed E-state index contributed by atoms with van der Waals surface area (Å²) in [6.45, 7) is -0.105. The van der Waals surface area contributed by atoms with Crippen molar-refractivity contribution < 1.29 is 27.5 Å². The number of nitrogens with zero attached hydrogens (tertiary/aromatic N) is 1. The highest BCUT2D eigenvalue weighted by atomic mass is 19.2. The van der Waals surface area contributed by atoms with E-state index in [9.17, 15) is 27.6 Å². The molecule has 6 nitrogen and oxygen atoms in total. The van der Waals surface area contributed by atoms with Gasteiger partial charge in [0.2, 0.25) is 5.91 Å². The van der Waals surface area contributed by atoms with E-state index < -0.39 is 34.7 Å². The van der Waals surface area contributed by atoms with Gasteiger partial charge in [-0.1, -0.05) is 36.4 Å². The van der Waals surface area contributed by atoms with Gasteiger partial charge in [0.15, 0.2) is 23.2 Å². The number of benzene rings is 3. The van der Waals surface area contributed by atoms with Crippen LogP contribution < -0.4 is 15.6 Å². The number of carbonyl (C=O) groups excluding carboxylic acids is 2. The largest absolute Gasteiger partial charge is 0.493 e. The Labute approximate surface area is 221 Å². The minimum Gasteiger partial charge on any atom is -0.493 e. The van der Waals surface area contributed by atoms with Crippen LogP contribution in [0.1, 0.15) is 39.4 Å². The molecular formula is C30H23F3N2O4. The molecule has 5 rings (SSSR count). The van der Waals surface area contributed by atoms with Gasteiger partial charge in [0.25, 0.3) is 5.56 Å². The Balaban J connectivity index is 1.35. The third-order valence-corrected chi connectivity index (χ3v) is 6.58. The van der Waals surface area contributed by atoms with E-state index in [0.29, 0.717) is 17.9 Å². The molecule has 198 valence electrons. The summed E-state index contributed by atoms with van der Waals surface area (Å²) in [6.07, 6.45) is 1.67. The van der Waals surface area contributed by atoms with E-state index in [2.05, 4.69) is 5.32 Å². The molecule has 2 heterocycles. The molecule has 1 amide bonds. The van der Waals surface area contributed by atoms with Crippen molar-refractivity contribution in [1.29, 1.82) is 0 Å². The number of aromatic nitrogens is 1. The van der Waals surface area contributed by atoms with E-state index in [1.807, 2.05) is 36.4 Å². The second kappa shape index (κ2) is 11.0. The number of amides is 1. The summed E-state index contributed by atoms with van der Waals surface area (Å²) in [5, 5.41) is 2.78. The Morgan fingerprint density at radius 2 is 1.69 bits per heavy atom. The molecule has 0 bridgehead atoms. The third-order valence-electron chi connectivity index (χ3n) is 6.58. The number of ether oxygens (including phenoxy) is 1. The summed E-state index contributed by atoms with van der Waals surface area (Å²) >= 11 is 0. The van der Waals surface area contributed by atoms with Crippen LogP contribution in [0, 0.1) is 17.5 Å². The summed E-state index contributed by atoms with van der Waals surface area (Å²) in [4.78, 5) is 38.1. The maximum atomic E-state index is 13.6. The molecule has 0 radical (unpaired) electrons. The second-order valence-electron chi connectivity index (χ2n) is 9.32. The van der Waals surface area contributed by atoms with Crippen LogP contribution in [0.15, 0.2) is 83.8 Å². The fourth-order valence-corrected chi connectivity index (χ4v) is 4.58. The molecule has 1 N–H and O–H groups in total. The zero-order chi connectivity index (χ0) is 27.5. The molecule has 1 aromatic heterocycles. The smallest absolute Gasteiger partial charge is 0.261 e. The number of hydrogen-bond acceptors (Lipinski definition) is 4. The molecule has 4 aromatic rings. The van der Waals surface area contributed by atoms with Gasteiger partial charge in [-0.05, 0) is 47.0 Å². The first kappa shape index (κ1) is 26.0. The number of fused-ring (bicyclic) bond motifs is 1. The lowest BCUT2D eigenvalue weighted by Gasteiger charge is -2.18. The number of hydrogen-bond donors (Lipinski definition) is 1. The van der Waals surface area contributed by atoms with Gasteiger partial charge in [-0.2, -0.15) is 0 Å². The SMILES string of the molecule is O=C1Cc2ccc(OC[C@@H](CC(=O)c3cccn(Cc4cc(F)c(F)c(F)c4)c3=O)c3ccccc3)cc2N1. The molecule has 39 heavy (non-hydrogen) atoms. The topological polar surface area (TPSA) is 77.4 Å². The van der Waals surface area contributed by atoms with Crippen LogP contribution in [0.4, 0.5) is 18.9 Å². The first-order valence-corrected chi connectivity index (χ1v) is 12.2. The molecule has 1 aliphatic heterocycles. The average molecular weight is 533 g/mol. The number of halogens is 3. The van der Waals surface area contributed by atoms with Crippen LogP contribution in [0.2, 0.25) is 0 Å². The molecule has 0 spiro atoms. The summed E-state index contributed by atoms with van der Waals surface area (Å²) in [7, 11) is 0. The molecule has 0 saturated heterocycles. The monoisotopic (exact) mass is 532 g/mol. The number of anilines is 1. The van der Waals surface area contributed by atoms with Crippen LogP contribution in [0.25, 0.3) is 0 Å². The van der Waals surface area contributed by atoms with Crippen LogP contribution in [0.5, 0.6) is 5.75 Å². The summed E-state index contributed by atoms with van der Waals surface area (Å²) in [5.41, 5.74) is 1.74. The summed E-state index contributed by atoms with van der Waals surface area (Å²) < 4.78 is 47.7. The molecule has 0 unspecified atom stereocenters. The lowest BCUT2D eigenvalue weighted by atomic mass is 9.92. The van der Waals surface area contributed by atoms with Crippen LogP contribution in [-0.4, -0.2) is 22.9 Å². The Kier molecular flexibility index (Phi) is 7.31. The maximum Gasteiger partial charge on any atom is 0.261 e. The van der Waals surface area contributed by atoms with Gasteiger partial charge in [0.05, 0.1) is 25.1 Å². The van der Waals surface area contributed by atoms with Crippen molar-refractivity contribution in [2.24, 2.45) is 0 Å². The first-order valence-electron chi connectivity index (χ1n) is 12.2. The molecule has 0 aliphatic carbocycles. The van der Waals surface area contributed by atoms with Gasteiger partial charge in [-0.15, -0.1) is 0 Å². The van der Waals surface area contributed by atoms with Gasteiger partial charge < -0.3 is 14.6 Å². The van der Waals surface area contributed by atoms with Gasteiger partial charge in [-0.25, -0.2) is 13.2 Å². The third kappa shape index (κ3) is 5.77. The molecule has 1 atom stereocenters. The van der Waals surface area contributed by atoms with Crippen molar-refractivity contribution >= 4 is 17.4 Å². The van der Waals surface area contributed by atoms with E-state index in [1.54, 1.807) is 12.1 Å². The number of rotatable bonds is 9. The molecule has 3 aromatic carbocycles. The average Bonchev–Trinajstić information content (AvgIpc) is 3.30. The lowest BCUT2D eigenvalue weighted by Crippen LogP contribution is -2.27. The standard InChI is InChI=1S/C30H23F3N2O4/c31-24-11-18(12-25(32)29(24)33)16-35-10-4-7-23(30(35)38)27(36)13-21(19-5-2-1-3-6-19)17-39-22-9-8-20-14-28(37)34-26(20)15-22/h1-12,15,21H,13-14,16-17H2,(H,34,37)/t21-/m1/s1. The van der Waals surface area contributed by atoms with Gasteiger partial charge in [-0.3, -0.25) is 14.4 Å². The normalized spacial score (nSPS) is 13.1. The fraction of sp³-hybridized carbons (Fsp3) is 0.167. The van der Waals surface area contributed by atoms with Crippen LogP contribution in [-0.2, 0) is 17.8 Å². The highest BCUT2D eigenvalue weighted by molar-refractivity contribution is 5.99. The number of pyridine rings is 1. The van der Waals surface area contributed by atoms with E-state index in [1.165, 1.54) is 18.3 Å². The Hall–Kier alpha value is -4.66. The quantitative estimate of drug-likeness (QED) is 0.236. The molecule has 0 fully saturated rings. The Morgan fingerprint density at radius 3 is 2.44 bits per heavy atom. The number of ketones is 1.